The number of hydrogen-bond acceptors (Lipinski definition) is 5. The Bertz CT molecular complexity index is 962. The molecule has 0 spiro atoms. The van der Waals surface area contributed by atoms with Gasteiger partial charge in [-0.2, -0.15) is 0 Å². The van der Waals surface area contributed by atoms with E-state index in [1.54, 1.807) is 26.5 Å². The van der Waals surface area contributed by atoms with E-state index in [1.165, 1.54) is 7.11 Å². The molecule has 0 bridgehead atoms. The number of para-hydroxylation sites is 1. The van der Waals surface area contributed by atoms with E-state index in [9.17, 15) is 4.79 Å². The molecule has 3 rings (SSSR count). The molecule has 0 aliphatic heterocycles. The molecule has 1 aromatic heterocycles. The van der Waals surface area contributed by atoms with Crippen LogP contribution >= 0.6 is 0 Å². The van der Waals surface area contributed by atoms with Crippen LogP contribution in [0, 0.1) is 0 Å². The van der Waals surface area contributed by atoms with Crippen LogP contribution in [0.1, 0.15) is 11.1 Å². The summed E-state index contributed by atoms with van der Waals surface area (Å²) in [5, 5.41) is 1.07. The maximum absolute atomic E-state index is 12.3. The Kier molecular flexibility index (Phi) is 5.76. The van der Waals surface area contributed by atoms with Crippen molar-refractivity contribution in [2.45, 2.75) is 12.5 Å². The van der Waals surface area contributed by atoms with Gasteiger partial charge in [0.05, 0.1) is 21.3 Å². The van der Waals surface area contributed by atoms with Gasteiger partial charge in [0.1, 0.15) is 11.5 Å². The summed E-state index contributed by atoms with van der Waals surface area (Å²) in [6.45, 7) is 0. The lowest BCUT2D eigenvalue weighted by molar-refractivity contribution is -0.142. The summed E-state index contributed by atoms with van der Waals surface area (Å²) in [4.78, 5) is 19.9. The van der Waals surface area contributed by atoms with Crippen LogP contribution in [-0.4, -0.2) is 44.5 Å². The molecule has 3 aromatic rings. The molecule has 1 atom stereocenters. The van der Waals surface area contributed by atoms with Crippen molar-refractivity contribution in [2.75, 3.05) is 21.3 Å². The number of carbonyl (C=O) groups excluding carboxylic acids is 1. The van der Waals surface area contributed by atoms with E-state index < -0.39 is 6.04 Å². The molecule has 1 heterocycles. The molecule has 6 heteroatoms. The van der Waals surface area contributed by atoms with Crippen molar-refractivity contribution in [1.29, 1.82) is 0 Å². The summed E-state index contributed by atoms with van der Waals surface area (Å²) in [7, 11) is 4.54. The first-order valence-corrected chi connectivity index (χ1v) is 8.54. The number of H-pyrrole nitrogens is 1. The minimum absolute atomic E-state index is 0.385. The van der Waals surface area contributed by atoms with Gasteiger partial charge in [0, 0.05) is 41.4 Å². The lowest BCUT2D eigenvalue weighted by Gasteiger charge is -2.11. The van der Waals surface area contributed by atoms with Gasteiger partial charge in [0.25, 0.3) is 0 Å². The fraction of sp³-hybridized carbons (Fsp3) is 0.238. The van der Waals surface area contributed by atoms with E-state index >= 15 is 0 Å². The number of nitrogens with one attached hydrogen (secondary N) is 1. The highest BCUT2D eigenvalue weighted by atomic mass is 16.5. The molecule has 0 aliphatic carbocycles. The standard InChI is InChI=1S/C21H22N2O4/c1-25-16-9-8-14(20(11-16)26-2)12-23-19(21(24)27-3)10-15-13-22-18-7-5-4-6-17(15)18/h4-9,11-13,19,22H,10H2,1-3H3. The maximum atomic E-state index is 12.3. The van der Waals surface area contributed by atoms with Crippen LogP contribution < -0.4 is 9.47 Å². The van der Waals surface area contributed by atoms with Crippen molar-refractivity contribution < 1.29 is 19.0 Å². The highest BCUT2D eigenvalue weighted by molar-refractivity contribution is 5.88. The van der Waals surface area contributed by atoms with Gasteiger partial charge in [-0.05, 0) is 23.8 Å². The number of aromatic amines is 1. The number of benzene rings is 2. The molecule has 1 N–H and O–H groups in total. The zero-order valence-corrected chi connectivity index (χ0v) is 15.6. The fourth-order valence-corrected chi connectivity index (χ4v) is 2.94. The molecule has 140 valence electrons. The number of carbonyl (C=O) groups is 1. The quantitative estimate of drug-likeness (QED) is 0.514. The van der Waals surface area contributed by atoms with Crippen molar-refractivity contribution in [3.05, 3.63) is 59.8 Å². The van der Waals surface area contributed by atoms with E-state index in [2.05, 4.69) is 9.98 Å². The Morgan fingerprint density at radius 3 is 2.70 bits per heavy atom. The molecule has 2 aromatic carbocycles. The van der Waals surface area contributed by atoms with Gasteiger partial charge >= 0.3 is 5.97 Å². The molecule has 1 unspecified atom stereocenters. The van der Waals surface area contributed by atoms with E-state index in [0.717, 1.165) is 22.0 Å². The summed E-state index contributed by atoms with van der Waals surface area (Å²) in [6.07, 6.45) is 3.98. The van der Waals surface area contributed by atoms with Crippen molar-refractivity contribution >= 4 is 23.1 Å². The SMILES string of the molecule is COC(=O)C(Cc1c[nH]c2ccccc12)N=Cc1ccc(OC)cc1OC. The predicted molar refractivity (Wildman–Crippen MR) is 105 cm³/mol. The second-order valence-electron chi connectivity index (χ2n) is 5.99. The largest absolute Gasteiger partial charge is 0.497 e. The number of aromatic nitrogens is 1. The molecular formula is C21H22N2O4. The van der Waals surface area contributed by atoms with Crippen molar-refractivity contribution in [1.82, 2.24) is 4.98 Å². The average molecular weight is 366 g/mol. The third-order valence-corrected chi connectivity index (χ3v) is 4.40. The molecule has 0 saturated heterocycles. The van der Waals surface area contributed by atoms with Gasteiger partial charge in [-0.1, -0.05) is 18.2 Å². The number of methoxy groups -OCH3 is 3. The third-order valence-electron chi connectivity index (χ3n) is 4.40. The number of hydrogen-bond donors (Lipinski definition) is 1. The Morgan fingerprint density at radius 2 is 1.96 bits per heavy atom. The molecule has 0 fully saturated rings. The van der Waals surface area contributed by atoms with E-state index in [0.29, 0.717) is 17.9 Å². The summed E-state index contributed by atoms with van der Waals surface area (Å²) in [6, 6.07) is 12.7. The average Bonchev–Trinajstić information content (AvgIpc) is 3.13. The molecule has 27 heavy (non-hydrogen) atoms. The number of aliphatic imine (C=N–C) groups is 1. The van der Waals surface area contributed by atoms with Crippen molar-refractivity contribution in [3.8, 4) is 11.5 Å². The third kappa shape index (κ3) is 4.11. The van der Waals surface area contributed by atoms with Crippen molar-refractivity contribution in [2.24, 2.45) is 4.99 Å². The maximum Gasteiger partial charge on any atom is 0.330 e. The Balaban J connectivity index is 1.87. The van der Waals surface area contributed by atoms with Crippen LogP contribution in [0.3, 0.4) is 0 Å². The first-order chi connectivity index (χ1) is 13.2. The van der Waals surface area contributed by atoms with Gasteiger partial charge in [-0.25, -0.2) is 4.79 Å². The van der Waals surface area contributed by atoms with Crippen LogP contribution in [0.5, 0.6) is 11.5 Å². The lowest BCUT2D eigenvalue weighted by Crippen LogP contribution is -2.23. The minimum Gasteiger partial charge on any atom is -0.497 e. The van der Waals surface area contributed by atoms with Crippen LogP contribution in [-0.2, 0) is 16.0 Å². The second-order valence-corrected chi connectivity index (χ2v) is 5.99. The van der Waals surface area contributed by atoms with Gasteiger partial charge in [0.2, 0.25) is 0 Å². The number of ether oxygens (including phenoxy) is 3. The first-order valence-electron chi connectivity index (χ1n) is 8.54. The van der Waals surface area contributed by atoms with Gasteiger partial charge in [-0.15, -0.1) is 0 Å². The van der Waals surface area contributed by atoms with Gasteiger partial charge in [0.15, 0.2) is 6.04 Å². The van der Waals surface area contributed by atoms with Crippen molar-refractivity contribution in [3.63, 3.8) is 0 Å². The Hall–Kier alpha value is -3.28. The zero-order chi connectivity index (χ0) is 19.2. The number of fused-ring (bicyclic) bond motifs is 1. The van der Waals surface area contributed by atoms with Crippen LogP contribution in [0.25, 0.3) is 10.9 Å². The Labute approximate surface area is 157 Å². The van der Waals surface area contributed by atoms with Crippen LogP contribution in [0.15, 0.2) is 53.7 Å². The molecule has 0 saturated carbocycles. The molecule has 0 aliphatic rings. The Morgan fingerprint density at radius 1 is 1.15 bits per heavy atom. The fourth-order valence-electron chi connectivity index (χ4n) is 2.94. The number of rotatable bonds is 7. The van der Waals surface area contributed by atoms with Crippen LogP contribution in [0.4, 0.5) is 0 Å². The van der Waals surface area contributed by atoms with E-state index in [4.69, 9.17) is 14.2 Å². The smallest absolute Gasteiger partial charge is 0.330 e. The van der Waals surface area contributed by atoms with Gasteiger partial charge < -0.3 is 19.2 Å². The summed E-state index contributed by atoms with van der Waals surface area (Å²) < 4.78 is 15.5. The number of esters is 1. The molecule has 0 radical (unpaired) electrons. The summed E-state index contributed by atoms with van der Waals surface area (Å²) >= 11 is 0. The highest BCUT2D eigenvalue weighted by Crippen LogP contribution is 2.24. The molecule has 0 amide bonds. The topological polar surface area (TPSA) is 72.9 Å². The zero-order valence-electron chi connectivity index (χ0n) is 15.6. The summed E-state index contributed by atoms with van der Waals surface area (Å²) in [5.74, 6) is 0.921. The van der Waals surface area contributed by atoms with Crippen LogP contribution in [0.2, 0.25) is 0 Å². The summed E-state index contributed by atoms with van der Waals surface area (Å²) in [5.41, 5.74) is 2.79. The highest BCUT2D eigenvalue weighted by Gasteiger charge is 2.20. The normalized spacial score (nSPS) is 12.3. The van der Waals surface area contributed by atoms with Gasteiger partial charge in [-0.3, -0.25) is 4.99 Å². The second kappa shape index (κ2) is 8.40. The van der Waals surface area contributed by atoms with E-state index in [1.807, 2.05) is 42.6 Å². The number of nitrogens with zero attached hydrogens (tertiary/aromatic N) is 1. The monoisotopic (exact) mass is 366 g/mol. The lowest BCUT2D eigenvalue weighted by atomic mass is 10.1. The molecular weight excluding hydrogens is 344 g/mol. The van der Waals surface area contributed by atoms with E-state index in [-0.39, 0.29) is 5.97 Å². The minimum atomic E-state index is -0.652. The molecule has 6 nitrogen and oxygen atoms in total. The predicted octanol–water partition coefficient (Wildman–Crippen LogP) is 3.39. The first kappa shape index (κ1) is 18.5.